The van der Waals surface area contributed by atoms with E-state index in [-0.39, 0.29) is 17.1 Å². The lowest BCUT2D eigenvalue weighted by atomic mass is 9.81. The Morgan fingerprint density at radius 3 is 2.52 bits per heavy atom. The van der Waals surface area contributed by atoms with Gasteiger partial charge in [0.1, 0.15) is 5.82 Å². The molecule has 1 saturated carbocycles. The lowest BCUT2D eigenvalue weighted by Crippen LogP contribution is -2.61. The molecule has 7 nitrogen and oxygen atoms in total. The van der Waals surface area contributed by atoms with Crippen LogP contribution in [0.2, 0.25) is 0 Å². The van der Waals surface area contributed by atoms with Crippen LogP contribution in [0.3, 0.4) is 0 Å². The molecule has 3 N–H and O–H groups in total. The van der Waals surface area contributed by atoms with E-state index in [1.165, 1.54) is 6.07 Å². The normalized spacial score (nSPS) is 26.7. The number of hydrogen-bond acceptors (Lipinski definition) is 5. The lowest BCUT2D eigenvalue weighted by Gasteiger charge is -2.41. The highest BCUT2D eigenvalue weighted by Gasteiger charge is 2.52. The third-order valence-electron chi connectivity index (χ3n) is 6.21. The minimum Gasteiger partial charge on any atom is -0.366 e. The number of amides is 2. The van der Waals surface area contributed by atoms with E-state index < -0.39 is 17.9 Å². The summed E-state index contributed by atoms with van der Waals surface area (Å²) in [7, 11) is 0. The van der Waals surface area contributed by atoms with Gasteiger partial charge in [0, 0.05) is 32.7 Å². The van der Waals surface area contributed by atoms with E-state index in [1.807, 2.05) is 4.90 Å². The van der Waals surface area contributed by atoms with E-state index in [2.05, 4.69) is 5.32 Å². The molecular weight excluding hydrogens is 351 g/mol. The van der Waals surface area contributed by atoms with Gasteiger partial charge in [0.25, 0.3) is 0 Å². The van der Waals surface area contributed by atoms with E-state index in [1.54, 1.807) is 28.6 Å². The predicted molar refractivity (Wildman–Crippen MR) is 96.7 cm³/mol. The fourth-order valence-electron chi connectivity index (χ4n) is 4.34. The summed E-state index contributed by atoms with van der Waals surface area (Å²) in [6.45, 7) is 2.77. The van der Waals surface area contributed by atoms with Crippen LogP contribution in [0, 0.1) is 17.2 Å². The number of carbonyl (C=O) groups is 2. The minimum atomic E-state index is -0.622. The molecule has 0 radical (unpaired) electrons. The second-order valence-corrected chi connectivity index (χ2v) is 7.91. The fourth-order valence-corrected chi connectivity index (χ4v) is 4.34. The van der Waals surface area contributed by atoms with Gasteiger partial charge in [-0.15, -0.1) is 0 Å². The quantitative estimate of drug-likeness (QED) is 0.535. The molecule has 0 aromatic heterocycles. The van der Waals surface area contributed by atoms with Gasteiger partial charge in [-0.2, -0.15) is 0 Å². The monoisotopic (exact) mass is 376 g/mol. The highest BCUT2D eigenvalue weighted by Crippen LogP contribution is 2.52. The number of anilines is 1. The predicted octanol–water partition coefficient (Wildman–Crippen LogP) is 0.738. The lowest BCUT2D eigenvalue weighted by molar-refractivity contribution is -0.145. The standard InChI is InChI=1S/C19H25FN4O3/c20-14-3-1-2-4-15(14)23-7-9-24(10-8-23)18(26)16-13(17(25)22-27)11-19(5-6-19)12-21-16/h1-4,13,16,21,27H,5-12H2,(H,22,25)/t13-,16-/m0/s1. The molecule has 27 heavy (non-hydrogen) atoms. The van der Waals surface area contributed by atoms with Gasteiger partial charge >= 0.3 is 0 Å². The molecule has 3 fully saturated rings. The Labute approximate surface area is 157 Å². The average Bonchev–Trinajstić information content (AvgIpc) is 3.46. The molecule has 3 aliphatic rings. The van der Waals surface area contributed by atoms with Crippen LogP contribution in [0.25, 0.3) is 0 Å². The third-order valence-corrected chi connectivity index (χ3v) is 6.21. The summed E-state index contributed by atoms with van der Waals surface area (Å²) >= 11 is 0. The number of hydrogen-bond donors (Lipinski definition) is 3. The van der Waals surface area contributed by atoms with Gasteiger partial charge < -0.3 is 15.1 Å². The maximum absolute atomic E-state index is 14.0. The summed E-state index contributed by atoms with van der Waals surface area (Å²) in [6.07, 6.45) is 2.73. The number of nitrogens with zero attached hydrogens (tertiary/aromatic N) is 2. The Balaban J connectivity index is 1.41. The first-order valence-corrected chi connectivity index (χ1v) is 9.49. The highest BCUT2D eigenvalue weighted by molar-refractivity contribution is 5.90. The molecule has 1 aromatic rings. The zero-order valence-corrected chi connectivity index (χ0v) is 15.2. The molecule has 2 atom stereocenters. The van der Waals surface area contributed by atoms with Gasteiger partial charge in [-0.1, -0.05) is 12.1 Å². The number of halogens is 1. The molecule has 2 heterocycles. The van der Waals surface area contributed by atoms with Gasteiger partial charge in [0.15, 0.2) is 0 Å². The van der Waals surface area contributed by atoms with Crippen LogP contribution in [-0.4, -0.2) is 60.7 Å². The second-order valence-electron chi connectivity index (χ2n) is 7.91. The van der Waals surface area contributed by atoms with Crippen molar-refractivity contribution in [1.82, 2.24) is 15.7 Å². The van der Waals surface area contributed by atoms with Crippen molar-refractivity contribution in [3.8, 4) is 0 Å². The van der Waals surface area contributed by atoms with E-state index in [9.17, 15) is 14.0 Å². The van der Waals surface area contributed by atoms with Crippen molar-refractivity contribution in [2.24, 2.45) is 11.3 Å². The van der Waals surface area contributed by atoms with Gasteiger partial charge in [0.2, 0.25) is 11.8 Å². The van der Waals surface area contributed by atoms with Crippen LogP contribution in [0.1, 0.15) is 19.3 Å². The summed E-state index contributed by atoms with van der Waals surface area (Å²) in [5, 5.41) is 12.3. The number of piperazine rings is 1. The van der Waals surface area contributed by atoms with Crippen molar-refractivity contribution in [3.63, 3.8) is 0 Å². The van der Waals surface area contributed by atoms with Crippen LogP contribution in [0.15, 0.2) is 24.3 Å². The Bertz CT molecular complexity index is 731. The van der Waals surface area contributed by atoms with Gasteiger partial charge in [-0.25, -0.2) is 9.87 Å². The largest absolute Gasteiger partial charge is 0.366 e. The molecule has 1 aromatic carbocycles. The number of carbonyl (C=O) groups excluding carboxylic acids is 2. The van der Waals surface area contributed by atoms with Gasteiger partial charge in [-0.05, 0) is 36.8 Å². The topological polar surface area (TPSA) is 84.9 Å². The Kier molecular flexibility index (Phi) is 4.77. The molecule has 146 valence electrons. The zero-order valence-electron chi connectivity index (χ0n) is 15.2. The fraction of sp³-hybridized carbons (Fsp3) is 0.579. The van der Waals surface area contributed by atoms with Crippen LogP contribution in [-0.2, 0) is 9.59 Å². The van der Waals surface area contributed by atoms with Crippen molar-refractivity contribution < 1.29 is 19.2 Å². The molecule has 4 rings (SSSR count). The Morgan fingerprint density at radius 1 is 1.19 bits per heavy atom. The minimum absolute atomic E-state index is 0.109. The van der Waals surface area contributed by atoms with Crippen molar-refractivity contribution >= 4 is 17.5 Å². The van der Waals surface area contributed by atoms with Crippen molar-refractivity contribution in [2.45, 2.75) is 25.3 Å². The molecule has 1 spiro atoms. The van der Waals surface area contributed by atoms with Crippen LogP contribution in [0.5, 0.6) is 0 Å². The number of para-hydroxylation sites is 1. The number of nitrogens with one attached hydrogen (secondary N) is 2. The maximum atomic E-state index is 14.0. The van der Waals surface area contributed by atoms with Crippen molar-refractivity contribution in [2.75, 3.05) is 37.6 Å². The summed E-state index contributed by atoms with van der Waals surface area (Å²) in [4.78, 5) is 28.8. The average molecular weight is 376 g/mol. The van der Waals surface area contributed by atoms with Gasteiger partial charge in [0.05, 0.1) is 17.6 Å². The number of hydroxylamine groups is 1. The van der Waals surface area contributed by atoms with Gasteiger partial charge in [-0.3, -0.25) is 14.8 Å². The zero-order chi connectivity index (χ0) is 19.0. The van der Waals surface area contributed by atoms with E-state index in [4.69, 9.17) is 5.21 Å². The summed E-state index contributed by atoms with van der Waals surface area (Å²) < 4.78 is 14.0. The molecule has 8 heteroatoms. The summed E-state index contributed by atoms with van der Waals surface area (Å²) in [5.41, 5.74) is 2.38. The van der Waals surface area contributed by atoms with E-state index >= 15 is 0 Å². The molecule has 2 amide bonds. The first-order valence-electron chi connectivity index (χ1n) is 9.49. The van der Waals surface area contributed by atoms with E-state index in [0.717, 1.165) is 19.4 Å². The van der Waals surface area contributed by atoms with E-state index in [0.29, 0.717) is 38.3 Å². The molecule has 1 aliphatic carbocycles. The highest BCUT2D eigenvalue weighted by atomic mass is 19.1. The maximum Gasteiger partial charge on any atom is 0.248 e. The molecule has 2 saturated heterocycles. The summed E-state index contributed by atoms with van der Waals surface area (Å²) in [6, 6.07) is 6.01. The molecule has 0 unspecified atom stereocenters. The molecular formula is C19H25FN4O3. The molecule has 0 bridgehead atoms. The van der Waals surface area contributed by atoms with Crippen LogP contribution in [0.4, 0.5) is 10.1 Å². The first-order chi connectivity index (χ1) is 13.0. The SMILES string of the molecule is O=C(NO)[C@H]1CC2(CC2)CN[C@@H]1C(=O)N1CCN(c2ccccc2F)CC1. The van der Waals surface area contributed by atoms with Crippen LogP contribution < -0.4 is 15.7 Å². The van der Waals surface area contributed by atoms with Crippen molar-refractivity contribution in [1.29, 1.82) is 0 Å². The molecule has 2 aliphatic heterocycles. The Hall–Kier alpha value is -2.19. The number of piperidine rings is 1. The number of benzene rings is 1. The smallest absolute Gasteiger partial charge is 0.248 e. The Morgan fingerprint density at radius 2 is 1.89 bits per heavy atom. The van der Waals surface area contributed by atoms with Crippen LogP contribution >= 0.6 is 0 Å². The first kappa shape index (κ1) is 18.2. The summed E-state index contributed by atoms with van der Waals surface area (Å²) in [5.74, 6) is -1.45. The third kappa shape index (κ3) is 3.51. The second kappa shape index (κ2) is 7.09. The number of rotatable bonds is 3. The van der Waals surface area contributed by atoms with Crippen molar-refractivity contribution in [3.05, 3.63) is 30.1 Å².